The molecule has 0 fully saturated rings. The van der Waals surface area contributed by atoms with E-state index in [-0.39, 0.29) is 11.2 Å². The maximum Gasteiger partial charge on any atom is 0.109 e. The molecule has 0 heterocycles. The van der Waals surface area contributed by atoms with E-state index in [4.69, 9.17) is 22.7 Å². The lowest BCUT2D eigenvalue weighted by Crippen LogP contribution is -2.19. The molecule has 1 unspecified atom stereocenters. The van der Waals surface area contributed by atoms with E-state index in [1.54, 1.807) is 6.92 Å². The first-order valence-corrected chi connectivity index (χ1v) is 2.06. The summed E-state index contributed by atoms with van der Waals surface area (Å²) in [4.78, 5) is 0. The normalized spacial score (nSPS) is 13.7. The zero-order chi connectivity index (χ0) is 5.15. The highest BCUT2D eigenvalue weighted by Gasteiger charge is 1.94. The molecule has 0 aliphatic carbocycles. The van der Waals surface area contributed by atoms with Gasteiger partial charge in [0.1, 0.15) is 5.84 Å². The van der Waals surface area contributed by atoms with Crippen molar-refractivity contribution in [2.24, 2.45) is 5.73 Å². The minimum Gasteiger partial charge on any atom is -0.386 e. The molecule has 36 valence electrons. The van der Waals surface area contributed by atoms with Crippen LogP contribution in [-0.2, 0) is 0 Å². The lowest BCUT2D eigenvalue weighted by Gasteiger charge is -1.92. The number of nitrogens with one attached hydrogen (secondary N) is 1. The summed E-state index contributed by atoms with van der Waals surface area (Å²) in [5, 5.41) is 6.28. The molecule has 0 saturated heterocycles. The Kier molecular flexibility index (Phi) is 1.95. The molecule has 0 aliphatic heterocycles. The Morgan fingerprint density at radius 2 is 2.17 bits per heavy atom. The molecule has 0 bridgehead atoms. The van der Waals surface area contributed by atoms with E-state index >= 15 is 0 Å². The second kappa shape index (κ2) is 2.03. The summed E-state index contributed by atoms with van der Waals surface area (Å²) in [7, 11) is 0. The van der Waals surface area contributed by atoms with Gasteiger partial charge in [-0.1, -0.05) is 0 Å². The number of hydrogen-bond donors (Lipinski definition) is 2. The fourth-order valence-corrected chi connectivity index (χ4v) is 0. The maximum atomic E-state index is 6.59. The summed E-state index contributed by atoms with van der Waals surface area (Å²) in [5.74, 6) is 0.0247. The molecule has 1 atom stereocenters. The van der Waals surface area contributed by atoms with E-state index in [2.05, 4.69) is 0 Å². The lowest BCUT2D eigenvalue weighted by atomic mass is 10.5. The van der Waals surface area contributed by atoms with Gasteiger partial charge in [-0.05, 0) is 6.92 Å². The third kappa shape index (κ3) is 2.03. The maximum absolute atomic E-state index is 6.59. The van der Waals surface area contributed by atoms with Gasteiger partial charge in [-0.15, -0.1) is 11.6 Å². The van der Waals surface area contributed by atoms with Crippen molar-refractivity contribution in [2.45, 2.75) is 12.3 Å². The number of amidine groups is 1. The topological polar surface area (TPSA) is 49.9 Å². The van der Waals surface area contributed by atoms with Crippen molar-refractivity contribution in [1.82, 2.24) is 0 Å². The van der Waals surface area contributed by atoms with Crippen LogP contribution in [-0.4, -0.2) is 11.2 Å². The van der Waals surface area contributed by atoms with Gasteiger partial charge in [-0.2, -0.15) is 0 Å². The molecule has 3 heteroatoms. The van der Waals surface area contributed by atoms with Crippen LogP contribution in [0, 0.1) is 5.41 Å². The van der Waals surface area contributed by atoms with Crippen LogP contribution >= 0.6 is 11.6 Å². The van der Waals surface area contributed by atoms with E-state index in [9.17, 15) is 0 Å². The van der Waals surface area contributed by atoms with Gasteiger partial charge >= 0.3 is 0 Å². The number of hydrogen-bond acceptors (Lipinski definition) is 1. The molecule has 0 aliphatic rings. The van der Waals surface area contributed by atoms with Gasteiger partial charge in [-0.3, -0.25) is 5.41 Å². The monoisotopic (exact) mass is 106 g/mol. The van der Waals surface area contributed by atoms with Crippen molar-refractivity contribution in [3.8, 4) is 0 Å². The van der Waals surface area contributed by atoms with Crippen LogP contribution in [0.1, 0.15) is 6.92 Å². The van der Waals surface area contributed by atoms with E-state index < -0.39 is 0 Å². The van der Waals surface area contributed by atoms with Gasteiger partial charge in [0.25, 0.3) is 0 Å². The number of nitrogens with two attached hydrogens (primary N) is 1. The minimum absolute atomic E-state index is 0.0247. The first-order chi connectivity index (χ1) is 2.64. The van der Waals surface area contributed by atoms with Crippen molar-refractivity contribution >= 4 is 17.4 Å². The summed E-state index contributed by atoms with van der Waals surface area (Å²) in [6.07, 6.45) is 0. The molecule has 0 aromatic heterocycles. The Labute approximate surface area is 41.8 Å². The molecule has 6 heavy (non-hydrogen) atoms. The van der Waals surface area contributed by atoms with Gasteiger partial charge in [-0.25, -0.2) is 0 Å². The highest BCUT2D eigenvalue weighted by atomic mass is 35.5. The van der Waals surface area contributed by atoms with Gasteiger partial charge in [0.15, 0.2) is 0 Å². The fourth-order valence-electron chi connectivity index (χ4n) is 0. The SMILES string of the molecule is CC(Cl)C(=N)N. The van der Waals surface area contributed by atoms with Crippen molar-refractivity contribution < 1.29 is 0 Å². The molecule has 0 rings (SSSR count). The van der Waals surface area contributed by atoms with Crippen LogP contribution in [0.5, 0.6) is 0 Å². The van der Waals surface area contributed by atoms with E-state index in [1.807, 2.05) is 0 Å². The van der Waals surface area contributed by atoms with Crippen LogP contribution in [0.25, 0.3) is 0 Å². The molecule has 0 radical (unpaired) electrons. The third-order valence-corrected chi connectivity index (χ3v) is 0.664. The van der Waals surface area contributed by atoms with Crippen molar-refractivity contribution in [3.63, 3.8) is 0 Å². The molecule has 0 aromatic rings. The molecule has 0 saturated carbocycles. The lowest BCUT2D eigenvalue weighted by molar-refractivity contribution is 1.22. The Hall–Kier alpha value is -0.240. The van der Waals surface area contributed by atoms with Crippen LogP contribution < -0.4 is 5.73 Å². The Morgan fingerprint density at radius 3 is 2.17 bits per heavy atom. The van der Waals surface area contributed by atoms with E-state index in [1.165, 1.54) is 0 Å². The van der Waals surface area contributed by atoms with Crippen molar-refractivity contribution in [2.75, 3.05) is 0 Å². The average molecular weight is 107 g/mol. The summed E-state index contributed by atoms with van der Waals surface area (Å²) in [6.45, 7) is 1.66. The Bertz CT molecular complexity index is 59.8. The first-order valence-electron chi connectivity index (χ1n) is 1.62. The predicted octanol–water partition coefficient (Wildman–Crippen LogP) is 0.550. The summed E-state index contributed by atoms with van der Waals surface area (Å²) in [6, 6.07) is 0. The predicted molar refractivity (Wildman–Crippen MR) is 27.2 cm³/mol. The standard InChI is InChI=1S/C3H7ClN2/c1-2(4)3(5)6/h2H,1H3,(H3,5,6). The Balaban J connectivity index is 3.26. The fraction of sp³-hybridized carbons (Fsp3) is 0.667. The van der Waals surface area contributed by atoms with Gasteiger partial charge in [0.2, 0.25) is 0 Å². The summed E-state index contributed by atoms with van der Waals surface area (Å²) in [5.41, 5.74) is 4.89. The van der Waals surface area contributed by atoms with Gasteiger partial charge in [0.05, 0.1) is 5.38 Å². The third-order valence-electron chi connectivity index (χ3n) is 0.429. The van der Waals surface area contributed by atoms with Crippen molar-refractivity contribution in [3.05, 3.63) is 0 Å². The molecular formula is C3H7ClN2. The van der Waals surface area contributed by atoms with Gasteiger partial charge < -0.3 is 5.73 Å². The minimum atomic E-state index is -0.315. The van der Waals surface area contributed by atoms with Crippen LogP contribution in [0.15, 0.2) is 0 Å². The smallest absolute Gasteiger partial charge is 0.109 e. The molecule has 0 amide bonds. The number of rotatable bonds is 1. The van der Waals surface area contributed by atoms with E-state index in [0.29, 0.717) is 0 Å². The second-order valence-electron chi connectivity index (χ2n) is 1.07. The highest BCUT2D eigenvalue weighted by molar-refractivity contribution is 6.30. The largest absolute Gasteiger partial charge is 0.386 e. The quantitative estimate of drug-likeness (QED) is 0.286. The van der Waals surface area contributed by atoms with Crippen molar-refractivity contribution in [1.29, 1.82) is 5.41 Å². The second-order valence-corrected chi connectivity index (χ2v) is 1.73. The van der Waals surface area contributed by atoms with Crippen LogP contribution in [0.2, 0.25) is 0 Å². The molecule has 0 spiro atoms. The number of alkyl halides is 1. The van der Waals surface area contributed by atoms with Crippen LogP contribution in [0.4, 0.5) is 0 Å². The Morgan fingerprint density at radius 1 is 2.00 bits per heavy atom. The molecule has 0 aromatic carbocycles. The summed E-state index contributed by atoms with van der Waals surface area (Å²) >= 11 is 5.26. The zero-order valence-corrected chi connectivity index (χ0v) is 4.29. The zero-order valence-electron chi connectivity index (χ0n) is 3.53. The van der Waals surface area contributed by atoms with E-state index in [0.717, 1.165) is 0 Å². The van der Waals surface area contributed by atoms with Gasteiger partial charge in [0, 0.05) is 0 Å². The molecule has 3 N–H and O–H groups in total. The number of halogens is 1. The first kappa shape index (κ1) is 5.76. The molecular weight excluding hydrogens is 99.5 g/mol. The van der Waals surface area contributed by atoms with Crippen LogP contribution in [0.3, 0.4) is 0 Å². The highest BCUT2D eigenvalue weighted by Crippen LogP contribution is 1.88. The summed E-state index contributed by atoms with van der Waals surface area (Å²) < 4.78 is 0. The molecule has 2 nitrogen and oxygen atoms in total. The average Bonchev–Trinajstić information content (AvgIpc) is 1.36.